The summed E-state index contributed by atoms with van der Waals surface area (Å²) in [4.78, 5) is 12.5. The van der Waals surface area contributed by atoms with Crippen molar-refractivity contribution in [1.29, 1.82) is 0 Å². The van der Waals surface area contributed by atoms with Crippen molar-refractivity contribution >= 4 is 5.97 Å². The van der Waals surface area contributed by atoms with Crippen molar-refractivity contribution in [2.75, 3.05) is 0 Å². The average Bonchev–Trinajstić information content (AvgIpc) is 2.54. The van der Waals surface area contributed by atoms with Crippen LogP contribution in [0.2, 0.25) is 0 Å². The molecule has 4 heteroatoms. The van der Waals surface area contributed by atoms with E-state index in [9.17, 15) is 4.79 Å². The topological polar surface area (TPSA) is 61.5 Å². The lowest BCUT2D eigenvalue weighted by Crippen LogP contribution is -2.41. The highest BCUT2D eigenvalue weighted by Crippen LogP contribution is 2.35. The van der Waals surface area contributed by atoms with Crippen molar-refractivity contribution < 1.29 is 14.3 Å². The third-order valence-electron chi connectivity index (χ3n) is 3.92. The number of carbonyl (C=O) groups excluding carboxylic acids is 1. The van der Waals surface area contributed by atoms with Gasteiger partial charge in [-0.05, 0) is 64.4 Å². The van der Waals surface area contributed by atoms with Crippen LogP contribution in [0.15, 0.2) is 54.6 Å². The molecule has 0 amide bonds. The number of esters is 1. The molecule has 0 saturated heterocycles. The van der Waals surface area contributed by atoms with Crippen LogP contribution < -0.4 is 10.5 Å². The molecule has 4 nitrogen and oxygen atoms in total. The molecule has 0 fully saturated rings. The fraction of sp³-hybridized carbons (Fsp3) is 0.381. The second-order valence-corrected chi connectivity index (χ2v) is 7.69. The van der Waals surface area contributed by atoms with E-state index in [0.29, 0.717) is 0 Å². The number of benzene rings is 2. The van der Waals surface area contributed by atoms with Gasteiger partial charge in [0.05, 0.1) is 5.41 Å². The Morgan fingerprint density at radius 3 is 1.92 bits per heavy atom. The molecular weight excluding hydrogens is 314 g/mol. The van der Waals surface area contributed by atoms with Gasteiger partial charge in [0.15, 0.2) is 0 Å². The SMILES string of the molecule is CC(C)(C)OC(=O)C(C)(C)C(N)c1ccc(Oc2ccccc2)cc1. The van der Waals surface area contributed by atoms with E-state index in [-0.39, 0.29) is 5.97 Å². The van der Waals surface area contributed by atoms with Crippen LogP contribution in [0.5, 0.6) is 11.5 Å². The van der Waals surface area contributed by atoms with Gasteiger partial charge < -0.3 is 15.2 Å². The maximum Gasteiger partial charge on any atom is 0.313 e. The molecule has 0 heterocycles. The molecule has 0 saturated carbocycles. The lowest BCUT2D eigenvalue weighted by Gasteiger charge is -2.33. The zero-order chi connectivity index (χ0) is 18.7. The summed E-state index contributed by atoms with van der Waals surface area (Å²) in [6.07, 6.45) is 0. The molecule has 0 aromatic heterocycles. The summed E-state index contributed by atoms with van der Waals surface area (Å²) in [5.41, 5.74) is 5.83. The summed E-state index contributed by atoms with van der Waals surface area (Å²) in [6, 6.07) is 16.6. The predicted molar refractivity (Wildman–Crippen MR) is 99.5 cm³/mol. The smallest absolute Gasteiger partial charge is 0.313 e. The fourth-order valence-electron chi connectivity index (χ4n) is 2.32. The minimum atomic E-state index is -0.838. The van der Waals surface area contributed by atoms with E-state index in [2.05, 4.69) is 0 Å². The average molecular weight is 341 g/mol. The van der Waals surface area contributed by atoms with Crippen molar-refractivity contribution in [3.63, 3.8) is 0 Å². The van der Waals surface area contributed by atoms with Gasteiger partial charge in [0.25, 0.3) is 0 Å². The van der Waals surface area contributed by atoms with E-state index in [4.69, 9.17) is 15.2 Å². The Morgan fingerprint density at radius 2 is 1.40 bits per heavy atom. The second-order valence-electron chi connectivity index (χ2n) is 7.69. The van der Waals surface area contributed by atoms with E-state index in [1.165, 1.54) is 0 Å². The Kier molecular flexibility index (Phi) is 5.53. The largest absolute Gasteiger partial charge is 0.460 e. The second kappa shape index (κ2) is 7.28. The first-order valence-corrected chi connectivity index (χ1v) is 8.41. The maximum absolute atomic E-state index is 12.5. The minimum absolute atomic E-state index is 0.308. The summed E-state index contributed by atoms with van der Waals surface area (Å²) >= 11 is 0. The van der Waals surface area contributed by atoms with Crippen LogP contribution in [-0.2, 0) is 9.53 Å². The fourth-order valence-corrected chi connectivity index (χ4v) is 2.32. The van der Waals surface area contributed by atoms with Crippen LogP contribution >= 0.6 is 0 Å². The molecule has 0 aliphatic rings. The molecule has 134 valence electrons. The summed E-state index contributed by atoms with van der Waals surface area (Å²) in [5.74, 6) is 1.18. The zero-order valence-electron chi connectivity index (χ0n) is 15.6. The minimum Gasteiger partial charge on any atom is -0.460 e. The monoisotopic (exact) mass is 341 g/mol. The van der Waals surface area contributed by atoms with E-state index < -0.39 is 17.1 Å². The molecule has 0 aliphatic heterocycles. The molecule has 2 aromatic carbocycles. The number of carbonyl (C=O) groups is 1. The molecule has 0 aliphatic carbocycles. The van der Waals surface area contributed by atoms with Crippen LogP contribution in [0.4, 0.5) is 0 Å². The van der Waals surface area contributed by atoms with E-state index in [1.807, 2.05) is 75.4 Å². The first-order chi connectivity index (χ1) is 11.6. The third kappa shape index (κ3) is 5.07. The lowest BCUT2D eigenvalue weighted by atomic mass is 9.81. The summed E-state index contributed by atoms with van der Waals surface area (Å²) < 4.78 is 11.3. The molecule has 0 radical (unpaired) electrons. The van der Waals surface area contributed by atoms with Gasteiger partial charge in [-0.2, -0.15) is 0 Å². The first-order valence-electron chi connectivity index (χ1n) is 8.41. The number of hydrogen-bond donors (Lipinski definition) is 1. The molecule has 2 rings (SSSR count). The van der Waals surface area contributed by atoms with Gasteiger partial charge in [-0.3, -0.25) is 4.79 Å². The first kappa shape index (κ1) is 19.0. The standard InChI is InChI=1S/C21H27NO3/c1-20(2,3)25-19(23)21(4,5)18(22)15-11-13-17(14-12-15)24-16-9-7-6-8-10-16/h6-14,18H,22H2,1-5H3. The maximum atomic E-state index is 12.5. The van der Waals surface area contributed by atoms with Crippen molar-refractivity contribution in [3.8, 4) is 11.5 Å². The molecule has 0 bridgehead atoms. The van der Waals surface area contributed by atoms with Gasteiger partial charge in [-0.1, -0.05) is 30.3 Å². The highest BCUT2D eigenvalue weighted by Gasteiger charge is 2.38. The summed E-state index contributed by atoms with van der Waals surface area (Å²) in [5, 5.41) is 0. The van der Waals surface area contributed by atoms with Crippen molar-refractivity contribution in [2.24, 2.45) is 11.1 Å². The molecule has 25 heavy (non-hydrogen) atoms. The Labute approximate surface area is 150 Å². The van der Waals surface area contributed by atoms with Gasteiger partial charge in [0.2, 0.25) is 0 Å². The van der Waals surface area contributed by atoms with Crippen molar-refractivity contribution in [1.82, 2.24) is 0 Å². The van der Waals surface area contributed by atoms with Crippen molar-refractivity contribution in [3.05, 3.63) is 60.2 Å². The Bertz CT molecular complexity index is 700. The molecule has 2 aromatic rings. The van der Waals surface area contributed by atoms with Crippen LogP contribution in [0.3, 0.4) is 0 Å². The van der Waals surface area contributed by atoms with Crippen LogP contribution in [-0.4, -0.2) is 11.6 Å². The Balaban J connectivity index is 2.11. The van der Waals surface area contributed by atoms with Gasteiger partial charge in [0, 0.05) is 6.04 Å². The normalized spacial score (nSPS) is 13.2. The predicted octanol–water partition coefficient (Wildman–Crippen LogP) is 4.85. The number of ether oxygens (including phenoxy) is 2. The van der Waals surface area contributed by atoms with Gasteiger partial charge in [0.1, 0.15) is 17.1 Å². The van der Waals surface area contributed by atoms with Gasteiger partial charge in [-0.15, -0.1) is 0 Å². The highest BCUT2D eigenvalue weighted by molar-refractivity contribution is 5.77. The Morgan fingerprint density at radius 1 is 0.880 bits per heavy atom. The molecule has 1 atom stereocenters. The quantitative estimate of drug-likeness (QED) is 0.790. The van der Waals surface area contributed by atoms with E-state index >= 15 is 0 Å². The number of para-hydroxylation sites is 1. The zero-order valence-corrected chi connectivity index (χ0v) is 15.6. The molecule has 0 spiro atoms. The summed E-state index contributed by atoms with van der Waals surface area (Å²) in [6.45, 7) is 9.16. The number of rotatable bonds is 5. The molecule has 2 N–H and O–H groups in total. The molecular formula is C21H27NO3. The number of nitrogens with two attached hydrogens (primary N) is 1. The third-order valence-corrected chi connectivity index (χ3v) is 3.92. The van der Waals surface area contributed by atoms with Gasteiger partial charge in [-0.25, -0.2) is 0 Å². The number of hydrogen-bond acceptors (Lipinski definition) is 4. The van der Waals surface area contributed by atoms with E-state index in [1.54, 1.807) is 13.8 Å². The lowest BCUT2D eigenvalue weighted by molar-refractivity contribution is -0.167. The summed E-state index contributed by atoms with van der Waals surface area (Å²) in [7, 11) is 0. The van der Waals surface area contributed by atoms with Crippen LogP contribution in [0.25, 0.3) is 0 Å². The van der Waals surface area contributed by atoms with Crippen LogP contribution in [0.1, 0.15) is 46.2 Å². The van der Waals surface area contributed by atoms with E-state index in [0.717, 1.165) is 17.1 Å². The van der Waals surface area contributed by atoms with Crippen LogP contribution in [0, 0.1) is 5.41 Å². The van der Waals surface area contributed by atoms with Gasteiger partial charge >= 0.3 is 5.97 Å². The Hall–Kier alpha value is -2.33. The van der Waals surface area contributed by atoms with Crippen molar-refractivity contribution in [2.45, 2.75) is 46.3 Å². The molecule has 1 unspecified atom stereocenters. The highest BCUT2D eigenvalue weighted by atomic mass is 16.6.